The van der Waals surface area contributed by atoms with Gasteiger partial charge in [-0.25, -0.2) is 17.5 Å². The fraction of sp³-hybridized carbons (Fsp3) is 0.333. The molecule has 0 aliphatic rings. The van der Waals surface area contributed by atoms with E-state index in [1.807, 2.05) is 0 Å². The van der Waals surface area contributed by atoms with Crippen molar-refractivity contribution >= 4 is 26.0 Å². The molecule has 0 saturated carbocycles. The van der Waals surface area contributed by atoms with E-state index >= 15 is 0 Å². The summed E-state index contributed by atoms with van der Waals surface area (Å²) in [7, 11) is -3.77. The number of hydrogen-bond acceptors (Lipinski definition) is 3. The second-order valence-corrected chi connectivity index (χ2v) is 5.90. The maximum Gasteiger partial charge on any atom is 0.240 e. The van der Waals surface area contributed by atoms with Crippen LogP contribution in [0.3, 0.4) is 0 Å². The molecule has 0 spiro atoms. The lowest BCUT2D eigenvalue weighted by atomic mass is 10.3. The van der Waals surface area contributed by atoms with Crippen LogP contribution in [0, 0.1) is 5.82 Å². The maximum atomic E-state index is 13.1. The standard InChI is InChI=1S/C9H11BrFNO3S/c1-6(13)5-12-16(14,15)7-2-3-8(10)9(11)4-7/h2-4,6,12-13H,5H2,1H3/t6-/m0/s1. The highest BCUT2D eigenvalue weighted by molar-refractivity contribution is 9.10. The molecular weight excluding hydrogens is 301 g/mol. The lowest BCUT2D eigenvalue weighted by molar-refractivity contribution is 0.198. The molecule has 0 aliphatic carbocycles. The van der Waals surface area contributed by atoms with Crippen LogP contribution in [0.2, 0.25) is 0 Å². The van der Waals surface area contributed by atoms with Gasteiger partial charge in [0.25, 0.3) is 0 Å². The topological polar surface area (TPSA) is 66.4 Å². The summed E-state index contributed by atoms with van der Waals surface area (Å²) in [5, 5.41) is 8.95. The molecule has 0 amide bonds. The Labute approximate surface area is 102 Å². The van der Waals surface area contributed by atoms with Crippen LogP contribution in [0.5, 0.6) is 0 Å². The minimum absolute atomic E-state index is 0.111. The second-order valence-electron chi connectivity index (χ2n) is 3.28. The van der Waals surface area contributed by atoms with Gasteiger partial charge in [-0.1, -0.05) is 0 Å². The van der Waals surface area contributed by atoms with E-state index in [9.17, 15) is 12.8 Å². The van der Waals surface area contributed by atoms with E-state index in [1.54, 1.807) is 0 Å². The molecule has 0 heterocycles. The van der Waals surface area contributed by atoms with Crippen LogP contribution >= 0.6 is 15.9 Å². The predicted molar refractivity (Wildman–Crippen MR) is 61.0 cm³/mol. The second kappa shape index (κ2) is 5.22. The van der Waals surface area contributed by atoms with E-state index in [1.165, 1.54) is 19.1 Å². The van der Waals surface area contributed by atoms with Gasteiger partial charge in [0.05, 0.1) is 15.5 Å². The predicted octanol–water partition coefficient (Wildman–Crippen LogP) is 1.25. The van der Waals surface area contributed by atoms with E-state index in [0.29, 0.717) is 0 Å². The zero-order valence-electron chi connectivity index (χ0n) is 8.44. The van der Waals surface area contributed by atoms with Crippen LogP contribution < -0.4 is 4.72 Å². The first kappa shape index (κ1) is 13.6. The average Bonchev–Trinajstić information content (AvgIpc) is 2.19. The molecule has 4 nitrogen and oxygen atoms in total. The van der Waals surface area contributed by atoms with Crippen molar-refractivity contribution in [3.8, 4) is 0 Å². The lowest BCUT2D eigenvalue weighted by Gasteiger charge is -2.08. The Balaban J connectivity index is 2.94. The summed E-state index contributed by atoms with van der Waals surface area (Å²) in [6.45, 7) is 1.34. The molecule has 7 heteroatoms. The molecule has 0 aromatic heterocycles. The van der Waals surface area contributed by atoms with Gasteiger partial charge in [0, 0.05) is 6.54 Å². The van der Waals surface area contributed by atoms with Crippen LogP contribution in [0.4, 0.5) is 4.39 Å². The number of aliphatic hydroxyl groups excluding tert-OH is 1. The number of aliphatic hydroxyl groups is 1. The van der Waals surface area contributed by atoms with Crippen LogP contribution in [-0.2, 0) is 10.0 Å². The highest BCUT2D eigenvalue weighted by atomic mass is 79.9. The molecule has 1 atom stereocenters. The fourth-order valence-corrected chi connectivity index (χ4v) is 2.34. The van der Waals surface area contributed by atoms with Gasteiger partial charge in [-0.3, -0.25) is 0 Å². The quantitative estimate of drug-likeness (QED) is 0.879. The summed E-state index contributed by atoms with van der Waals surface area (Å²) in [5.41, 5.74) is 0. The molecular formula is C9H11BrFNO3S. The number of benzene rings is 1. The van der Waals surface area contributed by atoms with Crippen LogP contribution in [0.1, 0.15) is 6.92 Å². The first-order chi connectivity index (χ1) is 7.33. The van der Waals surface area contributed by atoms with Crippen molar-refractivity contribution < 1.29 is 17.9 Å². The van der Waals surface area contributed by atoms with E-state index < -0.39 is 21.9 Å². The highest BCUT2D eigenvalue weighted by Gasteiger charge is 2.16. The number of sulfonamides is 1. The average molecular weight is 312 g/mol. The third-order valence-electron chi connectivity index (χ3n) is 1.77. The van der Waals surface area contributed by atoms with Gasteiger partial charge in [0.15, 0.2) is 0 Å². The third kappa shape index (κ3) is 3.51. The van der Waals surface area contributed by atoms with Gasteiger partial charge < -0.3 is 5.11 Å². The van der Waals surface area contributed by atoms with Crippen molar-refractivity contribution in [3.05, 3.63) is 28.5 Å². The molecule has 0 saturated heterocycles. The van der Waals surface area contributed by atoms with Crippen molar-refractivity contribution in [2.24, 2.45) is 0 Å². The lowest BCUT2D eigenvalue weighted by Crippen LogP contribution is -2.30. The van der Waals surface area contributed by atoms with Crippen molar-refractivity contribution in [1.29, 1.82) is 0 Å². The zero-order valence-corrected chi connectivity index (χ0v) is 10.8. The molecule has 90 valence electrons. The van der Waals surface area contributed by atoms with Crippen molar-refractivity contribution in [2.75, 3.05) is 6.54 Å². The summed E-state index contributed by atoms with van der Waals surface area (Å²) in [6, 6.07) is 3.50. The minimum Gasteiger partial charge on any atom is -0.392 e. The van der Waals surface area contributed by atoms with E-state index in [2.05, 4.69) is 20.7 Å². The first-order valence-corrected chi connectivity index (χ1v) is 6.73. The van der Waals surface area contributed by atoms with Gasteiger partial charge in [0.1, 0.15) is 5.82 Å². The highest BCUT2D eigenvalue weighted by Crippen LogP contribution is 2.19. The molecule has 0 radical (unpaired) electrons. The Hall–Kier alpha value is -0.500. The number of nitrogens with one attached hydrogen (secondary N) is 1. The molecule has 1 aromatic rings. The largest absolute Gasteiger partial charge is 0.392 e. The molecule has 16 heavy (non-hydrogen) atoms. The van der Waals surface area contributed by atoms with Gasteiger partial charge in [-0.2, -0.15) is 0 Å². The third-order valence-corrected chi connectivity index (χ3v) is 3.83. The fourth-order valence-electron chi connectivity index (χ4n) is 0.958. The molecule has 0 fully saturated rings. The Bertz CT molecular complexity index is 476. The number of halogens is 2. The summed E-state index contributed by atoms with van der Waals surface area (Å²) in [4.78, 5) is -0.172. The molecule has 1 rings (SSSR count). The van der Waals surface area contributed by atoms with Crippen molar-refractivity contribution in [3.63, 3.8) is 0 Å². The van der Waals surface area contributed by atoms with Crippen LogP contribution in [-0.4, -0.2) is 26.2 Å². The number of rotatable bonds is 4. The van der Waals surface area contributed by atoms with Gasteiger partial charge >= 0.3 is 0 Å². The Morgan fingerprint density at radius 2 is 2.19 bits per heavy atom. The van der Waals surface area contributed by atoms with Crippen LogP contribution in [0.25, 0.3) is 0 Å². The SMILES string of the molecule is C[C@H](O)CNS(=O)(=O)c1ccc(Br)c(F)c1. The van der Waals surface area contributed by atoms with E-state index in [-0.39, 0.29) is 15.9 Å². The Morgan fingerprint density at radius 1 is 1.56 bits per heavy atom. The Kier molecular flexibility index (Phi) is 4.43. The summed E-state index contributed by atoms with van der Waals surface area (Å²) in [6.07, 6.45) is -0.796. The molecule has 0 bridgehead atoms. The molecule has 0 unspecified atom stereocenters. The minimum atomic E-state index is -3.77. The summed E-state index contributed by atoms with van der Waals surface area (Å²) >= 11 is 2.93. The molecule has 1 aromatic carbocycles. The van der Waals surface area contributed by atoms with Gasteiger partial charge in [0.2, 0.25) is 10.0 Å². The summed E-state index contributed by atoms with van der Waals surface area (Å²) in [5.74, 6) is -0.653. The maximum absolute atomic E-state index is 13.1. The van der Waals surface area contributed by atoms with E-state index in [0.717, 1.165) is 6.07 Å². The smallest absolute Gasteiger partial charge is 0.240 e. The number of hydrogen-bond donors (Lipinski definition) is 2. The molecule has 0 aliphatic heterocycles. The monoisotopic (exact) mass is 311 g/mol. The molecule has 2 N–H and O–H groups in total. The van der Waals surface area contributed by atoms with Crippen LogP contribution in [0.15, 0.2) is 27.6 Å². The van der Waals surface area contributed by atoms with Gasteiger partial charge in [-0.15, -0.1) is 0 Å². The van der Waals surface area contributed by atoms with E-state index in [4.69, 9.17) is 5.11 Å². The van der Waals surface area contributed by atoms with Crippen molar-refractivity contribution in [2.45, 2.75) is 17.9 Å². The summed E-state index contributed by atoms with van der Waals surface area (Å²) < 4.78 is 38.7. The Morgan fingerprint density at radius 3 is 2.69 bits per heavy atom. The van der Waals surface area contributed by atoms with Gasteiger partial charge in [-0.05, 0) is 41.1 Å². The first-order valence-electron chi connectivity index (χ1n) is 4.45. The normalized spacial score (nSPS) is 13.8. The zero-order chi connectivity index (χ0) is 12.3. The van der Waals surface area contributed by atoms with Crippen molar-refractivity contribution in [1.82, 2.24) is 4.72 Å².